The van der Waals surface area contributed by atoms with Crippen LogP contribution in [0.5, 0.6) is 5.75 Å². The van der Waals surface area contributed by atoms with E-state index in [-0.39, 0.29) is 24.5 Å². The summed E-state index contributed by atoms with van der Waals surface area (Å²) in [6.07, 6.45) is 2.13. The Bertz CT molecular complexity index is 694. The number of hydrogen-bond acceptors (Lipinski definition) is 4. The summed E-state index contributed by atoms with van der Waals surface area (Å²) in [5.41, 5.74) is 0.981. The summed E-state index contributed by atoms with van der Waals surface area (Å²) in [6, 6.07) is 11.3. The van der Waals surface area contributed by atoms with E-state index >= 15 is 0 Å². The maximum absolute atomic E-state index is 12.1. The Morgan fingerprint density at radius 2 is 2.00 bits per heavy atom. The number of benzene rings is 1. The first-order chi connectivity index (χ1) is 11.6. The van der Waals surface area contributed by atoms with Crippen LogP contribution >= 0.6 is 11.3 Å². The molecule has 126 valence electrons. The molecule has 1 aromatic heterocycles. The second kappa shape index (κ2) is 7.49. The minimum Gasteiger partial charge on any atom is -0.484 e. The van der Waals surface area contributed by atoms with Gasteiger partial charge in [0.15, 0.2) is 6.61 Å². The fraction of sp³-hybridized carbons (Fsp3) is 0.333. The molecule has 1 saturated carbocycles. The van der Waals surface area contributed by atoms with Crippen LogP contribution in [0.4, 0.5) is 0 Å². The molecule has 1 aliphatic rings. The van der Waals surface area contributed by atoms with Gasteiger partial charge in [-0.15, -0.1) is 11.3 Å². The van der Waals surface area contributed by atoms with Crippen LogP contribution in [0.2, 0.25) is 0 Å². The highest BCUT2D eigenvalue weighted by Crippen LogP contribution is 2.20. The lowest BCUT2D eigenvalue weighted by Crippen LogP contribution is -2.30. The third kappa shape index (κ3) is 4.58. The van der Waals surface area contributed by atoms with E-state index in [4.69, 9.17) is 4.74 Å². The normalized spacial score (nSPS) is 14.7. The minimum absolute atomic E-state index is 0.0283. The fourth-order valence-corrected chi connectivity index (χ4v) is 2.88. The van der Waals surface area contributed by atoms with Gasteiger partial charge in [0, 0.05) is 6.04 Å². The van der Waals surface area contributed by atoms with Crippen LogP contribution < -0.4 is 15.4 Å². The van der Waals surface area contributed by atoms with Gasteiger partial charge in [0.05, 0.1) is 10.9 Å². The molecule has 0 saturated heterocycles. The van der Waals surface area contributed by atoms with Gasteiger partial charge in [-0.2, -0.15) is 0 Å². The summed E-state index contributed by atoms with van der Waals surface area (Å²) in [7, 11) is 0. The van der Waals surface area contributed by atoms with Crippen LogP contribution in [0, 0.1) is 0 Å². The van der Waals surface area contributed by atoms with Gasteiger partial charge in [-0.05, 0) is 48.9 Å². The first-order valence-electron chi connectivity index (χ1n) is 7.98. The minimum atomic E-state index is -0.105. The molecule has 1 atom stereocenters. The van der Waals surface area contributed by atoms with E-state index < -0.39 is 0 Å². The maximum Gasteiger partial charge on any atom is 0.261 e. The Kier molecular flexibility index (Phi) is 5.15. The number of nitrogens with one attached hydrogen (secondary N) is 2. The van der Waals surface area contributed by atoms with E-state index in [1.807, 2.05) is 42.6 Å². The van der Waals surface area contributed by atoms with Gasteiger partial charge >= 0.3 is 0 Å². The molecule has 1 aliphatic carbocycles. The highest BCUT2D eigenvalue weighted by Gasteiger charge is 2.23. The Morgan fingerprint density at radius 3 is 2.62 bits per heavy atom. The first kappa shape index (κ1) is 16.5. The number of carbonyl (C=O) groups is 2. The maximum atomic E-state index is 12.1. The Labute approximate surface area is 145 Å². The quantitative estimate of drug-likeness (QED) is 0.811. The zero-order chi connectivity index (χ0) is 16.9. The van der Waals surface area contributed by atoms with Crippen molar-refractivity contribution in [1.82, 2.24) is 10.6 Å². The fourth-order valence-electron chi connectivity index (χ4n) is 2.26. The summed E-state index contributed by atoms with van der Waals surface area (Å²) in [5, 5.41) is 7.72. The second-order valence-electron chi connectivity index (χ2n) is 5.87. The van der Waals surface area contributed by atoms with Crippen molar-refractivity contribution >= 4 is 23.2 Å². The van der Waals surface area contributed by atoms with Crippen molar-refractivity contribution < 1.29 is 14.3 Å². The van der Waals surface area contributed by atoms with Gasteiger partial charge in [-0.25, -0.2) is 0 Å². The van der Waals surface area contributed by atoms with Crippen LogP contribution in [0.1, 0.15) is 41.0 Å². The van der Waals surface area contributed by atoms with E-state index in [1.54, 1.807) is 6.07 Å². The highest BCUT2D eigenvalue weighted by atomic mass is 32.1. The number of rotatable bonds is 7. The van der Waals surface area contributed by atoms with E-state index in [1.165, 1.54) is 11.3 Å². The lowest BCUT2D eigenvalue weighted by molar-refractivity contribution is -0.123. The third-order valence-electron chi connectivity index (χ3n) is 3.79. The lowest BCUT2D eigenvalue weighted by atomic mass is 10.1. The third-order valence-corrected chi connectivity index (χ3v) is 4.65. The van der Waals surface area contributed by atoms with Crippen molar-refractivity contribution in [3.63, 3.8) is 0 Å². The first-order valence-corrected chi connectivity index (χ1v) is 8.86. The van der Waals surface area contributed by atoms with Crippen LogP contribution in [-0.2, 0) is 4.79 Å². The standard InChI is InChI=1S/C18H20N2O3S/c1-12(19-18(22)16-3-2-10-24-16)13-4-8-15(9-5-13)23-11-17(21)20-14-6-7-14/h2-5,8-10,12,14H,6-7,11H2,1H3,(H,19,22)(H,20,21)/t12-/m0/s1. The predicted molar refractivity (Wildman–Crippen MR) is 93.3 cm³/mol. The molecule has 2 aromatic rings. The number of thiophene rings is 1. The van der Waals surface area contributed by atoms with Crippen molar-refractivity contribution in [2.24, 2.45) is 0 Å². The monoisotopic (exact) mass is 344 g/mol. The molecule has 0 bridgehead atoms. The topological polar surface area (TPSA) is 67.4 Å². The molecule has 2 amide bonds. The molecular formula is C18H20N2O3S. The van der Waals surface area contributed by atoms with E-state index in [9.17, 15) is 9.59 Å². The highest BCUT2D eigenvalue weighted by molar-refractivity contribution is 7.12. The molecule has 3 rings (SSSR count). The number of amides is 2. The number of ether oxygens (including phenoxy) is 1. The smallest absolute Gasteiger partial charge is 0.261 e. The zero-order valence-electron chi connectivity index (χ0n) is 13.5. The summed E-state index contributed by atoms with van der Waals surface area (Å²) in [5.74, 6) is 0.481. The van der Waals surface area contributed by atoms with Crippen LogP contribution in [0.15, 0.2) is 41.8 Å². The molecule has 6 heteroatoms. The van der Waals surface area contributed by atoms with Gasteiger partial charge in [-0.1, -0.05) is 18.2 Å². The summed E-state index contributed by atoms with van der Waals surface area (Å²) >= 11 is 1.42. The summed E-state index contributed by atoms with van der Waals surface area (Å²) < 4.78 is 5.47. The largest absolute Gasteiger partial charge is 0.484 e. The van der Waals surface area contributed by atoms with E-state index in [2.05, 4.69) is 10.6 Å². The molecule has 1 fully saturated rings. The second-order valence-corrected chi connectivity index (χ2v) is 6.82. The van der Waals surface area contributed by atoms with Crippen molar-refractivity contribution in [3.05, 3.63) is 52.2 Å². The number of carbonyl (C=O) groups excluding carboxylic acids is 2. The average molecular weight is 344 g/mol. The summed E-state index contributed by atoms with van der Waals surface area (Å²) in [6.45, 7) is 1.96. The zero-order valence-corrected chi connectivity index (χ0v) is 14.3. The van der Waals surface area contributed by atoms with Gasteiger partial charge in [0.2, 0.25) is 0 Å². The molecule has 5 nitrogen and oxygen atoms in total. The van der Waals surface area contributed by atoms with Gasteiger partial charge in [-0.3, -0.25) is 9.59 Å². The van der Waals surface area contributed by atoms with E-state index in [0.717, 1.165) is 18.4 Å². The van der Waals surface area contributed by atoms with Crippen molar-refractivity contribution in [2.45, 2.75) is 31.8 Å². The molecule has 0 radical (unpaired) electrons. The van der Waals surface area contributed by atoms with Crippen LogP contribution in [-0.4, -0.2) is 24.5 Å². The van der Waals surface area contributed by atoms with Crippen molar-refractivity contribution in [3.8, 4) is 5.75 Å². The molecule has 1 aromatic carbocycles. The molecule has 0 unspecified atom stereocenters. The van der Waals surface area contributed by atoms with Crippen LogP contribution in [0.25, 0.3) is 0 Å². The molecular weight excluding hydrogens is 324 g/mol. The van der Waals surface area contributed by atoms with Crippen molar-refractivity contribution in [2.75, 3.05) is 6.61 Å². The van der Waals surface area contributed by atoms with Crippen molar-refractivity contribution in [1.29, 1.82) is 0 Å². The molecule has 24 heavy (non-hydrogen) atoms. The van der Waals surface area contributed by atoms with Gasteiger partial charge in [0.25, 0.3) is 11.8 Å². The van der Waals surface area contributed by atoms with Gasteiger partial charge < -0.3 is 15.4 Å². The van der Waals surface area contributed by atoms with Gasteiger partial charge in [0.1, 0.15) is 5.75 Å². The lowest BCUT2D eigenvalue weighted by Gasteiger charge is -2.14. The molecule has 2 N–H and O–H groups in total. The SMILES string of the molecule is C[C@H](NC(=O)c1cccs1)c1ccc(OCC(=O)NC2CC2)cc1. The molecule has 0 aliphatic heterocycles. The predicted octanol–water partition coefficient (Wildman–Crippen LogP) is 2.90. The Hall–Kier alpha value is -2.34. The number of hydrogen-bond donors (Lipinski definition) is 2. The Balaban J connectivity index is 1.49. The molecule has 1 heterocycles. The van der Waals surface area contributed by atoms with Crippen LogP contribution in [0.3, 0.4) is 0 Å². The van der Waals surface area contributed by atoms with E-state index in [0.29, 0.717) is 16.7 Å². The average Bonchev–Trinajstić information content (AvgIpc) is 3.22. The summed E-state index contributed by atoms with van der Waals surface area (Å²) in [4.78, 5) is 24.3. The Morgan fingerprint density at radius 1 is 1.25 bits per heavy atom. The molecule has 0 spiro atoms.